The number of carbonyl (C=O) groups excluding carboxylic acids is 1. The van der Waals surface area contributed by atoms with E-state index in [1.807, 2.05) is 6.07 Å². The lowest BCUT2D eigenvalue weighted by molar-refractivity contribution is -0.120. The van der Waals surface area contributed by atoms with Gasteiger partial charge in [-0.3, -0.25) is 9.78 Å². The quantitative estimate of drug-likeness (QED) is 0.862. The van der Waals surface area contributed by atoms with Crippen LogP contribution in [0.1, 0.15) is 0 Å². The zero-order valence-electron chi connectivity index (χ0n) is 10.4. The number of ether oxygens (including phenoxy) is 1. The van der Waals surface area contributed by atoms with Gasteiger partial charge >= 0.3 is 0 Å². The molecule has 0 radical (unpaired) electrons. The van der Waals surface area contributed by atoms with Gasteiger partial charge in [0.05, 0.1) is 11.9 Å². The first-order chi connectivity index (χ1) is 9.16. The molecule has 0 bridgehead atoms. The van der Waals surface area contributed by atoms with E-state index in [4.69, 9.17) is 16.3 Å². The van der Waals surface area contributed by atoms with Crippen LogP contribution in [-0.2, 0) is 4.79 Å². The van der Waals surface area contributed by atoms with Gasteiger partial charge in [-0.15, -0.1) is 0 Å². The number of aromatic nitrogens is 1. The molecule has 2 aromatic rings. The van der Waals surface area contributed by atoms with Gasteiger partial charge in [-0.05, 0) is 36.4 Å². The number of rotatable bonds is 4. The van der Waals surface area contributed by atoms with Gasteiger partial charge in [0.1, 0.15) is 5.75 Å². The standard InChI is InChI=1S/C14H13ClN2O2/c1-17(12-3-2-8-16-9-12)14(18)10-19-13-6-4-11(15)5-7-13/h2-9H,10H2,1H3. The van der Waals surface area contributed by atoms with Crippen LogP contribution in [0.4, 0.5) is 5.69 Å². The van der Waals surface area contributed by atoms with Gasteiger partial charge in [-0.25, -0.2) is 0 Å². The van der Waals surface area contributed by atoms with Gasteiger partial charge < -0.3 is 9.64 Å². The van der Waals surface area contributed by atoms with Crippen LogP contribution in [0.25, 0.3) is 0 Å². The van der Waals surface area contributed by atoms with E-state index in [2.05, 4.69) is 4.98 Å². The van der Waals surface area contributed by atoms with E-state index < -0.39 is 0 Å². The van der Waals surface area contributed by atoms with E-state index in [-0.39, 0.29) is 12.5 Å². The Balaban J connectivity index is 1.93. The van der Waals surface area contributed by atoms with Crippen LogP contribution in [0.5, 0.6) is 5.75 Å². The first kappa shape index (κ1) is 13.4. The molecule has 1 aromatic carbocycles. The molecule has 0 saturated carbocycles. The molecule has 0 unspecified atom stereocenters. The summed E-state index contributed by atoms with van der Waals surface area (Å²) in [5, 5.41) is 0.631. The van der Waals surface area contributed by atoms with E-state index in [1.165, 1.54) is 4.90 Å². The molecule has 2 rings (SSSR count). The van der Waals surface area contributed by atoms with Crippen molar-refractivity contribution in [1.82, 2.24) is 4.98 Å². The zero-order valence-corrected chi connectivity index (χ0v) is 11.2. The summed E-state index contributed by atoms with van der Waals surface area (Å²) in [5.74, 6) is 0.459. The summed E-state index contributed by atoms with van der Waals surface area (Å²) in [4.78, 5) is 17.4. The average Bonchev–Trinajstić information content (AvgIpc) is 2.46. The number of nitrogens with zero attached hydrogens (tertiary/aromatic N) is 2. The fourth-order valence-corrected chi connectivity index (χ4v) is 1.59. The number of anilines is 1. The summed E-state index contributed by atoms with van der Waals surface area (Å²) < 4.78 is 5.40. The normalized spacial score (nSPS) is 10.0. The van der Waals surface area contributed by atoms with Crippen LogP contribution in [0.15, 0.2) is 48.8 Å². The number of amides is 1. The lowest BCUT2D eigenvalue weighted by atomic mass is 10.3. The molecule has 0 aliphatic carbocycles. The van der Waals surface area contributed by atoms with Crippen molar-refractivity contribution in [2.45, 2.75) is 0 Å². The molecule has 0 saturated heterocycles. The van der Waals surface area contributed by atoms with Crippen LogP contribution >= 0.6 is 11.6 Å². The molecule has 0 atom stereocenters. The Hall–Kier alpha value is -2.07. The van der Waals surface area contributed by atoms with Crippen molar-refractivity contribution >= 4 is 23.2 Å². The molecule has 0 aliphatic rings. The Labute approximate surface area is 116 Å². The van der Waals surface area contributed by atoms with Crippen LogP contribution < -0.4 is 9.64 Å². The molecule has 0 fully saturated rings. The molecule has 0 spiro atoms. The molecule has 1 amide bonds. The molecular formula is C14H13ClN2O2. The van der Waals surface area contributed by atoms with Crippen molar-refractivity contribution in [2.24, 2.45) is 0 Å². The number of hydrogen-bond donors (Lipinski definition) is 0. The van der Waals surface area contributed by atoms with Crippen molar-refractivity contribution in [3.8, 4) is 5.75 Å². The molecule has 0 N–H and O–H groups in total. The number of halogens is 1. The second-order valence-corrected chi connectivity index (χ2v) is 4.34. The summed E-state index contributed by atoms with van der Waals surface area (Å²) in [6.07, 6.45) is 3.28. The molecule has 1 aromatic heterocycles. The second kappa shape index (κ2) is 6.20. The summed E-state index contributed by atoms with van der Waals surface area (Å²) >= 11 is 5.77. The monoisotopic (exact) mass is 276 g/mol. The Morgan fingerprint density at radius 1 is 1.32 bits per heavy atom. The average molecular weight is 277 g/mol. The van der Waals surface area contributed by atoms with E-state index in [0.29, 0.717) is 10.8 Å². The van der Waals surface area contributed by atoms with Gasteiger partial charge in [-0.1, -0.05) is 11.6 Å². The predicted octanol–water partition coefficient (Wildman–Crippen LogP) is 2.78. The Morgan fingerprint density at radius 2 is 2.05 bits per heavy atom. The highest BCUT2D eigenvalue weighted by atomic mass is 35.5. The number of benzene rings is 1. The smallest absolute Gasteiger partial charge is 0.264 e. The van der Waals surface area contributed by atoms with Crippen LogP contribution in [0, 0.1) is 0 Å². The molecule has 5 heteroatoms. The number of pyridine rings is 1. The predicted molar refractivity (Wildman–Crippen MR) is 74.6 cm³/mol. The third kappa shape index (κ3) is 3.69. The van der Waals surface area contributed by atoms with Gasteiger partial charge in [-0.2, -0.15) is 0 Å². The maximum atomic E-state index is 11.9. The van der Waals surface area contributed by atoms with Crippen molar-refractivity contribution in [3.05, 3.63) is 53.8 Å². The van der Waals surface area contributed by atoms with Crippen molar-refractivity contribution < 1.29 is 9.53 Å². The van der Waals surface area contributed by atoms with Crippen LogP contribution in [-0.4, -0.2) is 24.5 Å². The Morgan fingerprint density at radius 3 is 2.68 bits per heavy atom. The Kier molecular flexibility index (Phi) is 4.36. The van der Waals surface area contributed by atoms with Gasteiger partial charge in [0.2, 0.25) is 0 Å². The SMILES string of the molecule is CN(C(=O)COc1ccc(Cl)cc1)c1cccnc1. The molecule has 0 aliphatic heterocycles. The molecule has 19 heavy (non-hydrogen) atoms. The summed E-state index contributed by atoms with van der Waals surface area (Å²) in [5.41, 5.74) is 0.729. The maximum Gasteiger partial charge on any atom is 0.264 e. The summed E-state index contributed by atoms with van der Waals surface area (Å²) in [6, 6.07) is 10.5. The number of hydrogen-bond acceptors (Lipinski definition) is 3. The van der Waals surface area contributed by atoms with E-state index in [0.717, 1.165) is 5.69 Å². The zero-order chi connectivity index (χ0) is 13.7. The first-order valence-corrected chi connectivity index (χ1v) is 6.09. The minimum Gasteiger partial charge on any atom is -0.484 e. The third-order valence-electron chi connectivity index (χ3n) is 2.58. The highest BCUT2D eigenvalue weighted by molar-refractivity contribution is 6.30. The van der Waals surface area contributed by atoms with Gasteiger partial charge in [0.25, 0.3) is 5.91 Å². The highest BCUT2D eigenvalue weighted by Gasteiger charge is 2.11. The fraction of sp³-hybridized carbons (Fsp3) is 0.143. The second-order valence-electron chi connectivity index (χ2n) is 3.91. The van der Waals surface area contributed by atoms with Crippen molar-refractivity contribution in [1.29, 1.82) is 0 Å². The summed E-state index contributed by atoms with van der Waals surface area (Å²) in [6.45, 7) is -0.0347. The fourth-order valence-electron chi connectivity index (χ4n) is 1.47. The van der Waals surface area contributed by atoms with Crippen LogP contribution in [0.3, 0.4) is 0 Å². The minimum absolute atomic E-state index is 0.0347. The Bertz CT molecular complexity index is 543. The summed E-state index contributed by atoms with van der Waals surface area (Å²) in [7, 11) is 1.69. The molecule has 4 nitrogen and oxygen atoms in total. The highest BCUT2D eigenvalue weighted by Crippen LogP contribution is 2.16. The number of likely N-dealkylation sites (N-methyl/N-ethyl adjacent to an activating group) is 1. The maximum absolute atomic E-state index is 11.9. The van der Waals surface area contributed by atoms with Gasteiger partial charge in [0, 0.05) is 18.3 Å². The largest absolute Gasteiger partial charge is 0.484 e. The minimum atomic E-state index is -0.150. The van der Waals surface area contributed by atoms with E-state index in [9.17, 15) is 4.79 Å². The van der Waals surface area contributed by atoms with E-state index >= 15 is 0 Å². The van der Waals surface area contributed by atoms with Crippen molar-refractivity contribution in [2.75, 3.05) is 18.6 Å². The topological polar surface area (TPSA) is 42.4 Å². The first-order valence-electron chi connectivity index (χ1n) is 5.72. The molecule has 98 valence electrons. The lowest BCUT2D eigenvalue weighted by Crippen LogP contribution is -2.31. The lowest BCUT2D eigenvalue weighted by Gasteiger charge is -2.17. The molecule has 1 heterocycles. The third-order valence-corrected chi connectivity index (χ3v) is 2.84. The number of carbonyl (C=O) groups is 1. The van der Waals surface area contributed by atoms with E-state index in [1.54, 1.807) is 49.8 Å². The van der Waals surface area contributed by atoms with Crippen LogP contribution in [0.2, 0.25) is 5.02 Å². The van der Waals surface area contributed by atoms with Crippen molar-refractivity contribution in [3.63, 3.8) is 0 Å². The molecular weight excluding hydrogens is 264 g/mol. The van der Waals surface area contributed by atoms with Gasteiger partial charge in [0.15, 0.2) is 6.61 Å².